The van der Waals surface area contributed by atoms with E-state index in [1.165, 1.54) is 0 Å². The van der Waals surface area contributed by atoms with E-state index in [1.807, 2.05) is 19.1 Å². The van der Waals surface area contributed by atoms with Gasteiger partial charge in [-0.1, -0.05) is 11.6 Å². The SMILES string of the molecule is Cc1nc2ccc(Cl)cc2cc1C(=O)Nc1ccc(-n2cccn2)nc1. The summed E-state index contributed by atoms with van der Waals surface area (Å²) < 4.78 is 1.65. The van der Waals surface area contributed by atoms with Gasteiger partial charge in [0.1, 0.15) is 0 Å². The molecule has 1 N–H and O–H groups in total. The van der Waals surface area contributed by atoms with Crippen molar-refractivity contribution in [3.63, 3.8) is 0 Å². The third kappa shape index (κ3) is 3.14. The topological polar surface area (TPSA) is 72.7 Å². The number of fused-ring (bicyclic) bond motifs is 1. The van der Waals surface area contributed by atoms with Crippen LogP contribution in [0.1, 0.15) is 16.1 Å². The molecule has 0 unspecified atom stereocenters. The van der Waals surface area contributed by atoms with E-state index in [0.717, 1.165) is 10.9 Å². The van der Waals surface area contributed by atoms with E-state index in [-0.39, 0.29) is 5.91 Å². The molecule has 0 aliphatic rings. The van der Waals surface area contributed by atoms with E-state index in [2.05, 4.69) is 20.4 Å². The van der Waals surface area contributed by atoms with Crippen LogP contribution in [0.2, 0.25) is 5.02 Å². The Bertz CT molecular complexity index is 1090. The van der Waals surface area contributed by atoms with Crippen LogP contribution >= 0.6 is 11.6 Å². The van der Waals surface area contributed by atoms with Crippen molar-refractivity contribution in [1.82, 2.24) is 19.7 Å². The largest absolute Gasteiger partial charge is 0.321 e. The van der Waals surface area contributed by atoms with Crippen LogP contribution in [0.3, 0.4) is 0 Å². The van der Waals surface area contributed by atoms with Gasteiger partial charge in [0.2, 0.25) is 0 Å². The number of carbonyl (C=O) groups excluding carboxylic acids is 1. The summed E-state index contributed by atoms with van der Waals surface area (Å²) in [6.45, 7) is 1.81. The molecule has 0 spiro atoms. The zero-order valence-corrected chi connectivity index (χ0v) is 14.6. The van der Waals surface area contributed by atoms with Crippen LogP contribution in [0.5, 0.6) is 0 Å². The van der Waals surface area contributed by atoms with Crippen molar-refractivity contribution in [2.45, 2.75) is 6.92 Å². The smallest absolute Gasteiger partial charge is 0.257 e. The number of amides is 1. The highest BCUT2D eigenvalue weighted by Crippen LogP contribution is 2.21. The maximum absolute atomic E-state index is 12.6. The van der Waals surface area contributed by atoms with E-state index >= 15 is 0 Å². The van der Waals surface area contributed by atoms with Crippen molar-refractivity contribution in [1.29, 1.82) is 0 Å². The lowest BCUT2D eigenvalue weighted by atomic mass is 10.1. The van der Waals surface area contributed by atoms with E-state index in [4.69, 9.17) is 11.6 Å². The first-order valence-electron chi connectivity index (χ1n) is 7.94. The molecule has 7 heteroatoms. The molecule has 0 radical (unpaired) electrons. The first kappa shape index (κ1) is 16.2. The van der Waals surface area contributed by atoms with Gasteiger partial charge in [0.15, 0.2) is 5.82 Å². The molecule has 3 aromatic heterocycles. The van der Waals surface area contributed by atoms with Crippen LogP contribution in [-0.4, -0.2) is 25.7 Å². The summed E-state index contributed by atoms with van der Waals surface area (Å²) in [6, 6.07) is 12.6. The molecule has 0 saturated heterocycles. The second-order valence-electron chi connectivity index (χ2n) is 5.77. The fraction of sp³-hybridized carbons (Fsp3) is 0.0526. The molecule has 4 aromatic rings. The number of hydrogen-bond donors (Lipinski definition) is 1. The number of nitrogens with zero attached hydrogens (tertiary/aromatic N) is 4. The van der Waals surface area contributed by atoms with Crippen LogP contribution in [0.15, 0.2) is 61.1 Å². The summed E-state index contributed by atoms with van der Waals surface area (Å²) >= 11 is 6.03. The first-order valence-corrected chi connectivity index (χ1v) is 8.32. The Balaban J connectivity index is 1.60. The number of pyridine rings is 2. The number of aryl methyl sites for hydroxylation is 1. The van der Waals surface area contributed by atoms with Gasteiger partial charge in [0.25, 0.3) is 5.91 Å². The highest BCUT2D eigenvalue weighted by atomic mass is 35.5. The van der Waals surface area contributed by atoms with Crippen LogP contribution in [0.25, 0.3) is 16.7 Å². The molecule has 0 bridgehead atoms. The monoisotopic (exact) mass is 363 g/mol. The molecule has 1 aromatic carbocycles. The maximum Gasteiger partial charge on any atom is 0.257 e. The summed E-state index contributed by atoms with van der Waals surface area (Å²) in [5.74, 6) is 0.428. The standard InChI is InChI=1S/C19H14ClN5O/c1-12-16(10-13-9-14(20)3-5-17(13)23-12)19(26)24-15-4-6-18(21-11-15)25-8-2-7-22-25/h2-11H,1H3,(H,24,26). The number of halogens is 1. The minimum atomic E-state index is -0.245. The molecular weight excluding hydrogens is 350 g/mol. The summed E-state index contributed by atoms with van der Waals surface area (Å²) in [6.07, 6.45) is 5.07. The summed E-state index contributed by atoms with van der Waals surface area (Å²) in [5.41, 5.74) is 2.54. The molecule has 1 amide bonds. The van der Waals surface area contributed by atoms with Gasteiger partial charge in [-0.2, -0.15) is 5.10 Å². The Morgan fingerprint density at radius 1 is 1.19 bits per heavy atom. The third-order valence-electron chi connectivity index (χ3n) is 3.96. The Hall–Kier alpha value is -3.25. The lowest BCUT2D eigenvalue weighted by Crippen LogP contribution is -2.14. The van der Waals surface area contributed by atoms with Crippen LogP contribution in [-0.2, 0) is 0 Å². The zero-order valence-electron chi connectivity index (χ0n) is 13.8. The molecule has 0 atom stereocenters. The number of rotatable bonds is 3. The molecule has 0 aliphatic carbocycles. The van der Waals surface area contributed by atoms with Gasteiger partial charge < -0.3 is 5.32 Å². The van der Waals surface area contributed by atoms with E-state index in [0.29, 0.717) is 27.8 Å². The highest BCUT2D eigenvalue weighted by Gasteiger charge is 2.12. The molecular formula is C19H14ClN5O. The summed E-state index contributed by atoms with van der Waals surface area (Å²) in [7, 11) is 0. The Kier molecular flexibility index (Phi) is 4.10. The Labute approximate surface area is 154 Å². The minimum Gasteiger partial charge on any atom is -0.321 e. The van der Waals surface area contributed by atoms with Gasteiger partial charge >= 0.3 is 0 Å². The number of anilines is 1. The van der Waals surface area contributed by atoms with Gasteiger partial charge in [0, 0.05) is 22.8 Å². The summed E-state index contributed by atoms with van der Waals surface area (Å²) in [5, 5.41) is 8.39. The van der Waals surface area contributed by atoms with Crippen molar-refractivity contribution >= 4 is 34.1 Å². The number of hydrogen-bond acceptors (Lipinski definition) is 4. The molecule has 26 heavy (non-hydrogen) atoms. The quantitative estimate of drug-likeness (QED) is 0.596. The molecule has 0 aliphatic heterocycles. The normalized spacial score (nSPS) is 10.8. The number of carbonyl (C=O) groups is 1. The van der Waals surface area contributed by atoms with E-state index in [9.17, 15) is 4.79 Å². The van der Waals surface area contributed by atoms with Crippen molar-refractivity contribution in [3.8, 4) is 5.82 Å². The fourth-order valence-corrected chi connectivity index (χ4v) is 2.85. The Morgan fingerprint density at radius 2 is 2.08 bits per heavy atom. The number of aromatic nitrogens is 4. The fourth-order valence-electron chi connectivity index (χ4n) is 2.67. The maximum atomic E-state index is 12.6. The van der Waals surface area contributed by atoms with Crippen molar-refractivity contribution in [2.24, 2.45) is 0 Å². The molecule has 6 nitrogen and oxygen atoms in total. The molecule has 4 rings (SSSR count). The predicted octanol–water partition coefficient (Wildman–Crippen LogP) is 4.03. The Morgan fingerprint density at radius 3 is 2.81 bits per heavy atom. The van der Waals surface area contributed by atoms with Gasteiger partial charge in [-0.25, -0.2) is 9.67 Å². The lowest BCUT2D eigenvalue weighted by molar-refractivity contribution is 0.102. The lowest BCUT2D eigenvalue weighted by Gasteiger charge is -2.09. The average molecular weight is 364 g/mol. The second-order valence-corrected chi connectivity index (χ2v) is 6.20. The molecule has 3 heterocycles. The second kappa shape index (κ2) is 6.57. The highest BCUT2D eigenvalue weighted by molar-refractivity contribution is 6.31. The molecule has 0 saturated carbocycles. The van der Waals surface area contributed by atoms with Crippen LogP contribution in [0, 0.1) is 6.92 Å². The number of nitrogens with one attached hydrogen (secondary N) is 1. The summed E-state index contributed by atoms with van der Waals surface area (Å²) in [4.78, 5) is 21.4. The van der Waals surface area contributed by atoms with Crippen LogP contribution in [0.4, 0.5) is 5.69 Å². The van der Waals surface area contributed by atoms with E-state index in [1.54, 1.807) is 53.6 Å². The van der Waals surface area contributed by atoms with Gasteiger partial charge in [0.05, 0.1) is 28.7 Å². The van der Waals surface area contributed by atoms with Gasteiger partial charge in [-0.15, -0.1) is 0 Å². The van der Waals surface area contributed by atoms with Crippen molar-refractivity contribution in [3.05, 3.63) is 77.3 Å². The average Bonchev–Trinajstić information content (AvgIpc) is 3.17. The van der Waals surface area contributed by atoms with Crippen molar-refractivity contribution < 1.29 is 4.79 Å². The third-order valence-corrected chi connectivity index (χ3v) is 4.19. The van der Waals surface area contributed by atoms with Crippen molar-refractivity contribution in [2.75, 3.05) is 5.32 Å². The van der Waals surface area contributed by atoms with Gasteiger partial charge in [-0.05, 0) is 49.4 Å². The van der Waals surface area contributed by atoms with E-state index < -0.39 is 0 Å². The molecule has 128 valence electrons. The minimum absolute atomic E-state index is 0.245. The predicted molar refractivity (Wildman–Crippen MR) is 101 cm³/mol. The zero-order chi connectivity index (χ0) is 18.1. The van der Waals surface area contributed by atoms with Crippen LogP contribution < -0.4 is 5.32 Å². The van der Waals surface area contributed by atoms with Gasteiger partial charge in [-0.3, -0.25) is 9.78 Å². The first-order chi connectivity index (χ1) is 12.6. The molecule has 0 fully saturated rings. The number of benzene rings is 1.